The van der Waals surface area contributed by atoms with E-state index in [1.54, 1.807) is 76.7 Å². The van der Waals surface area contributed by atoms with E-state index in [0.29, 0.717) is 26.2 Å². The molecule has 16 nitrogen and oxygen atoms in total. The molecule has 4 aromatic carbocycles. The Labute approximate surface area is 405 Å². The third-order valence-corrected chi connectivity index (χ3v) is 6.99. The maximum absolute atomic E-state index is 11.5. The number of amides is 2. The summed E-state index contributed by atoms with van der Waals surface area (Å²) in [5.41, 5.74) is 3.19. The number of carbonyl (C=O) groups is 4. The zero-order chi connectivity index (χ0) is 45.6. The van der Waals surface area contributed by atoms with Crippen LogP contribution in [0.3, 0.4) is 0 Å². The molecule has 4 rings (SSSR count). The summed E-state index contributed by atoms with van der Waals surface area (Å²) in [6.07, 6.45) is 3.39. The van der Waals surface area contributed by atoms with Crippen LogP contribution in [0, 0.1) is 0 Å². The second-order valence-electron chi connectivity index (χ2n) is 13.0. The maximum atomic E-state index is 11.5. The predicted molar refractivity (Wildman–Crippen MR) is 220 cm³/mol. The fourth-order valence-electron chi connectivity index (χ4n) is 4.17. The SMILES string of the molecule is CC(=O)[O-].CC(=O)[O-].CN(C)C=O.CN(C)C=O.[Ni+2].[Ni+2].[O-]c1ccccc1CNCCCNCc1ccccc1[O-].[O-]c1ccccc1CNCCCNCc1ccccc1[O-].[Zn+2]. The molecule has 0 aliphatic carbocycles. The Bertz CT molecular complexity index is 1510. The molecule has 4 aromatic rings. The first-order chi connectivity index (χ1) is 28.5. The van der Waals surface area contributed by atoms with Gasteiger partial charge in [-0.1, -0.05) is 97.1 Å². The maximum Gasteiger partial charge on any atom is 2.00 e. The molecule has 0 saturated carbocycles. The molecule has 0 heterocycles. The molecule has 0 aliphatic rings. The number of rotatable bonds is 18. The first kappa shape index (κ1) is 67.5. The van der Waals surface area contributed by atoms with E-state index in [0.717, 1.165) is 87.9 Å². The van der Waals surface area contributed by atoms with Crippen molar-refractivity contribution in [3.05, 3.63) is 119 Å². The van der Waals surface area contributed by atoms with E-state index in [-0.39, 0.29) is 75.5 Å². The quantitative estimate of drug-likeness (QED) is 0.0537. The van der Waals surface area contributed by atoms with E-state index in [2.05, 4.69) is 21.3 Å². The second kappa shape index (κ2) is 45.4. The molecule has 2 amide bonds. The minimum atomic E-state index is -1.08. The van der Waals surface area contributed by atoms with Crippen molar-refractivity contribution in [2.45, 2.75) is 52.9 Å². The van der Waals surface area contributed by atoms with Crippen LogP contribution in [0.2, 0.25) is 0 Å². The minimum absolute atomic E-state index is 0. The van der Waals surface area contributed by atoms with Gasteiger partial charge in [-0.3, -0.25) is 9.59 Å². The number of carboxylic acid groups (broad SMARTS) is 2. The summed E-state index contributed by atoms with van der Waals surface area (Å²) in [6.45, 7) is 7.68. The summed E-state index contributed by atoms with van der Waals surface area (Å²) in [7, 11) is 6.75. The number of benzene rings is 4. The van der Waals surface area contributed by atoms with Gasteiger partial charge in [0, 0.05) is 66.3 Å². The number of carbonyl (C=O) groups excluding carboxylic acids is 4. The molecule has 0 fully saturated rings. The Morgan fingerprint density at radius 3 is 0.762 bits per heavy atom. The van der Waals surface area contributed by atoms with Gasteiger partial charge in [0.05, 0.1) is 0 Å². The Hall–Kier alpha value is -4.59. The standard InChI is InChI=1S/2C17H22N2O2.2C3H7NO.2C2H4O2.2Ni.Zn/c2*20-16-8-3-1-6-14(16)12-18-10-5-11-19-13-15-7-2-4-9-17(15)21;2*1-4(2)3-5;2*1-2(3)4;;;/h2*1-4,6-9,18-21H,5,10-13H2;2*3H,1-2H3;2*1H3,(H,3,4);;;/q;;;;;;3*+2/p-6. The van der Waals surface area contributed by atoms with Gasteiger partial charge in [0.1, 0.15) is 0 Å². The normalized spacial score (nSPS) is 8.98. The average molecular weight is 1020 g/mol. The number of hydrogen-bond acceptors (Lipinski definition) is 14. The van der Waals surface area contributed by atoms with Gasteiger partial charge in [-0.2, -0.15) is 0 Å². The van der Waals surface area contributed by atoms with Crippen molar-refractivity contribution in [2.75, 3.05) is 54.4 Å². The first-order valence-electron chi connectivity index (χ1n) is 19.0. The molecule has 63 heavy (non-hydrogen) atoms. The van der Waals surface area contributed by atoms with Crippen molar-refractivity contribution in [3.8, 4) is 23.0 Å². The molecule has 0 aliphatic heterocycles. The molecule has 4 N–H and O–H groups in total. The number of nitrogens with zero attached hydrogens (tertiary/aromatic N) is 2. The van der Waals surface area contributed by atoms with E-state index >= 15 is 0 Å². The van der Waals surface area contributed by atoms with Gasteiger partial charge in [-0.25, -0.2) is 0 Å². The van der Waals surface area contributed by atoms with Crippen LogP contribution in [0.5, 0.6) is 23.0 Å². The van der Waals surface area contributed by atoms with Gasteiger partial charge in [-0.05, 0) is 75.1 Å². The van der Waals surface area contributed by atoms with Crippen molar-refractivity contribution in [3.63, 3.8) is 0 Å². The monoisotopic (exact) mass is 1010 g/mol. The van der Waals surface area contributed by atoms with Gasteiger partial charge in [0.25, 0.3) is 0 Å². The summed E-state index contributed by atoms with van der Waals surface area (Å²) in [6, 6.07) is 28.2. The molecule has 0 atom stereocenters. The number of nitrogens with one attached hydrogen (secondary N) is 4. The molecule has 0 unspecified atom stereocenters. The summed E-state index contributed by atoms with van der Waals surface area (Å²) >= 11 is 0. The second-order valence-corrected chi connectivity index (χ2v) is 13.0. The number of carboxylic acids is 2. The van der Waals surface area contributed by atoms with Crippen LogP contribution in [0.15, 0.2) is 97.1 Å². The van der Waals surface area contributed by atoms with Crippen LogP contribution in [0.1, 0.15) is 48.9 Å². The zero-order valence-corrected chi connectivity index (χ0v) is 41.7. The fraction of sp³-hybridized carbons (Fsp3) is 0.364. The van der Waals surface area contributed by atoms with Crippen molar-refractivity contribution in [2.24, 2.45) is 0 Å². The van der Waals surface area contributed by atoms with Crippen molar-refractivity contribution >= 4 is 24.8 Å². The Morgan fingerprint density at radius 1 is 0.460 bits per heavy atom. The molecule has 0 saturated heterocycles. The van der Waals surface area contributed by atoms with E-state index in [1.165, 1.54) is 9.80 Å². The van der Waals surface area contributed by atoms with Gasteiger partial charge < -0.3 is 71.3 Å². The molecule has 0 radical (unpaired) electrons. The molecule has 348 valence electrons. The molecule has 19 heteroatoms. The molecule has 0 bridgehead atoms. The Kier molecular flexibility index (Phi) is 48.7. The third-order valence-electron chi connectivity index (χ3n) is 6.99. The summed E-state index contributed by atoms with van der Waals surface area (Å²) in [5.74, 6) is -1.85. The zero-order valence-electron chi connectivity index (χ0n) is 36.8. The average Bonchev–Trinajstić information content (AvgIpc) is 3.20. The topological polar surface area (TPSA) is 261 Å². The predicted octanol–water partition coefficient (Wildman–Crippen LogP) is -0.880. The summed E-state index contributed by atoms with van der Waals surface area (Å²) in [4.78, 5) is 39.5. The Balaban J connectivity index is -0.000000249. The molecule has 0 spiro atoms. The van der Waals surface area contributed by atoms with Crippen molar-refractivity contribution in [1.29, 1.82) is 0 Å². The van der Waals surface area contributed by atoms with Crippen molar-refractivity contribution < 1.29 is 102 Å². The smallest absolute Gasteiger partial charge is 0.872 e. The van der Waals surface area contributed by atoms with Crippen LogP contribution in [-0.4, -0.2) is 88.9 Å². The van der Waals surface area contributed by atoms with Crippen molar-refractivity contribution in [1.82, 2.24) is 31.1 Å². The van der Waals surface area contributed by atoms with Crippen LogP contribution >= 0.6 is 0 Å². The molecule has 0 aromatic heterocycles. The number of aliphatic carboxylic acids is 2. The number of para-hydroxylation sites is 4. The largest absolute Gasteiger partial charge is 2.00 e. The molecular weight excluding hydrogens is 955 g/mol. The van der Waals surface area contributed by atoms with Gasteiger partial charge in [0.15, 0.2) is 0 Å². The van der Waals surface area contributed by atoms with Gasteiger partial charge in [0.2, 0.25) is 12.8 Å². The van der Waals surface area contributed by atoms with Crippen LogP contribution < -0.4 is 51.9 Å². The third kappa shape index (κ3) is 43.8. The van der Waals surface area contributed by atoms with Crippen LogP contribution in [0.4, 0.5) is 0 Å². The molecular formula is C44H60N6Ni2O10Zn. The fourth-order valence-corrected chi connectivity index (χ4v) is 4.17. The number of hydrogen-bond donors (Lipinski definition) is 4. The van der Waals surface area contributed by atoms with E-state index in [1.807, 2.05) is 48.5 Å². The van der Waals surface area contributed by atoms with E-state index in [4.69, 9.17) is 19.8 Å². The van der Waals surface area contributed by atoms with Gasteiger partial charge in [-0.15, -0.1) is 23.0 Å². The van der Waals surface area contributed by atoms with Crippen LogP contribution in [-0.2, 0) is 97.8 Å². The summed E-state index contributed by atoms with van der Waals surface area (Å²) in [5, 5.41) is 76.8. The van der Waals surface area contributed by atoms with Gasteiger partial charge >= 0.3 is 52.5 Å². The van der Waals surface area contributed by atoms with E-state index < -0.39 is 11.9 Å². The van der Waals surface area contributed by atoms with E-state index in [9.17, 15) is 30.0 Å². The minimum Gasteiger partial charge on any atom is -0.872 e. The summed E-state index contributed by atoms with van der Waals surface area (Å²) < 4.78 is 0. The first-order valence-corrected chi connectivity index (χ1v) is 19.0. The Morgan fingerprint density at radius 2 is 0.619 bits per heavy atom. The van der Waals surface area contributed by atoms with Crippen LogP contribution in [0.25, 0.3) is 0 Å².